The van der Waals surface area contributed by atoms with Crippen molar-refractivity contribution in [1.29, 1.82) is 0 Å². The molecule has 132 valence electrons. The maximum Gasteiger partial charge on any atom is 0.323 e. The molecule has 1 N–H and O–H groups in total. The molecule has 1 aromatic carbocycles. The third-order valence-corrected chi connectivity index (χ3v) is 7.58. The first-order valence-electron chi connectivity index (χ1n) is 8.29. The molecule has 5 rings (SSSR count). The van der Waals surface area contributed by atoms with Gasteiger partial charge in [0.2, 0.25) is 0 Å². The highest BCUT2D eigenvalue weighted by molar-refractivity contribution is 7.28. The average molecular weight is 402 g/mol. The molecule has 6 nitrogen and oxygen atoms in total. The van der Waals surface area contributed by atoms with Crippen molar-refractivity contribution in [3.8, 4) is 0 Å². The average Bonchev–Trinajstić information content (AvgIpc) is 3.38. The van der Waals surface area contributed by atoms with Crippen LogP contribution < -0.4 is 5.32 Å². The molecule has 1 fully saturated rings. The molecule has 0 saturated carbocycles. The van der Waals surface area contributed by atoms with E-state index < -0.39 is 0 Å². The molecule has 2 amide bonds. The minimum atomic E-state index is -0.0835. The van der Waals surface area contributed by atoms with Crippen LogP contribution in [0, 0.1) is 6.92 Å². The Morgan fingerprint density at radius 1 is 1.23 bits per heavy atom. The lowest BCUT2D eigenvalue weighted by Crippen LogP contribution is -2.32. The summed E-state index contributed by atoms with van der Waals surface area (Å²) in [5.74, 6) is 0.343. The standard InChI is InChI=1S/C17H15N5OS3/c1-9-19-11-2-3-12-14(13(11)25-9)26-16(20-12)21-17(23)22-6-4-10(8-22)15-18-5-7-24-15/h2-3,5,7,10H,4,6,8H2,1H3,(H,20,21,23). The number of amides is 2. The van der Waals surface area contributed by atoms with Crippen molar-refractivity contribution in [2.75, 3.05) is 18.4 Å². The van der Waals surface area contributed by atoms with E-state index >= 15 is 0 Å². The smallest absolute Gasteiger partial charge is 0.323 e. The summed E-state index contributed by atoms with van der Waals surface area (Å²) in [5.41, 5.74) is 1.90. The molecule has 3 aromatic heterocycles. The number of likely N-dealkylation sites (tertiary alicyclic amines) is 1. The van der Waals surface area contributed by atoms with Crippen molar-refractivity contribution in [2.45, 2.75) is 19.3 Å². The lowest BCUT2D eigenvalue weighted by molar-refractivity contribution is 0.222. The van der Waals surface area contributed by atoms with Crippen molar-refractivity contribution < 1.29 is 4.79 Å². The molecule has 1 aliphatic rings. The molecule has 0 bridgehead atoms. The quantitative estimate of drug-likeness (QED) is 0.529. The van der Waals surface area contributed by atoms with Gasteiger partial charge in [0.15, 0.2) is 5.13 Å². The van der Waals surface area contributed by atoms with Gasteiger partial charge in [-0.05, 0) is 25.5 Å². The molecule has 9 heteroatoms. The van der Waals surface area contributed by atoms with Crippen LogP contribution >= 0.6 is 34.0 Å². The van der Waals surface area contributed by atoms with Gasteiger partial charge in [0.25, 0.3) is 0 Å². The predicted octanol–water partition coefficient (Wildman–Crippen LogP) is 4.69. The van der Waals surface area contributed by atoms with Gasteiger partial charge in [-0.15, -0.1) is 22.7 Å². The van der Waals surface area contributed by atoms with E-state index in [1.807, 2.05) is 35.5 Å². The number of hydrogen-bond acceptors (Lipinski definition) is 7. The number of carbonyl (C=O) groups excluding carboxylic acids is 1. The lowest BCUT2D eigenvalue weighted by atomic mass is 10.1. The van der Waals surface area contributed by atoms with Crippen LogP contribution in [-0.2, 0) is 0 Å². The number of rotatable bonds is 2. The van der Waals surface area contributed by atoms with E-state index in [0.717, 1.165) is 43.4 Å². The molecule has 0 radical (unpaired) electrons. The largest absolute Gasteiger partial charge is 0.324 e. The Morgan fingerprint density at radius 3 is 2.85 bits per heavy atom. The molecule has 4 aromatic rings. The summed E-state index contributed by atoms with van der Waals surface area (Å²) in [6, 6.07) is 3.88. The number of aryl methyl sites for hydroxylation is 1. The van der Waals surface area contributed by atoms with Crippen LogP contribution in [0.4, 0.5) is 9.93 Å². The number of benzene rings is 1. The molecule has 0 aliphatic carbocycles. The van der Waals surface area contributed by atoms with Gasteiger partial charge in [-0.2, -0.15) is 0 Å². The summed E-state index contributed by atoms with van der Waals surface area (Å²) in [5, 5.41) is 7.75. The van der Waals surface area contributed by atoms with Crippen LogP contribution in [-0.4, -0.2) is 39.0 Å². The first kappa shape index (κ1) is 16.1. The number of aromatic nitrogens is 3. The highest BCUT2D eigenvalue weighted by Gasteiger charge is 2.29. The molecule has 1 atom stereocenters. The Balaban J connectivity index is 1.36. The fourth-order valence-electron chi connectivity index (χ4n) is 3.29. The van der Waals surface area contributed by atoms with E-state index in [2.05, 4.69) is 20.3 Å². The van der Waals surface area contributed by atoms with Crippen molar-refractivity contribution in [3.63, 3.8) is 0 Å². The van der Waals surface area contributed by atoms with Gasteiger partial charge < -0.3 is 4.90 Å². The van der Waals surface area contributed by atoms with E-state index in [-0.39, 0.29) is 6.03 Å². The zero-order valence-corrected chi connectivity index (χ0v) is 16.4. The van der Waals surface area contributed by atoms with Gasteiger partial charge in [-0.3, -0.25) is 5.32 Å². The molecule has 26 heavy (non-hydrogen) atoms. The van der Waals surface area contributed by atoms with E-state index in [0.29, 0.717) is 17.6 Å². The van der Waals surface area contributed by atoms with Gasteiger partial charge in [-0.1, -0.05) is 11.3 Å². The van der Waals surface area contributed by atoms with E-state index in [4.69, 9.17) is 0 Å². The molecule has 1 saturated heterocycles. The normalized spacial score (nSPS) is 17.4. The maximum atomic E-state index is 12.6. The molecule has 0 spiro atoms. The highest BCUT2D eigenvalue weighted by Crippen LogP contribution is 2.36. The fourth-order valence-corrected chi connectivity index (χ4v) is 6.05. The number of anilines is 1. The summed E-state index contributed by atoms with van der Waals surface area (Å²) in [4.78, 5) is 28.0. The second kappa shape index (κ2) is 6.26. The number of thiazole rings is 3. The Hall–Kier alpha value is -2.10. The maximum absolute atomic E-state index is 12.6. The first-order valence-corrected chi connectivity index (χ1v) is 10.8. The molecular weight excluding hydrogens is 386 g/mol. The summed E-state index contributed by atoms with van der Waals surface area (Å²) >= 11 is 4.84. The van der Waals surface area contributed by atoms with E-state index in [1.54, 1.807) is 22.7 Å². The molecule has 1 unspecified atom stereocenters. The van der Waals surface area contributed by atoms with Crippen LogP contribution in [0.15, 0.2) is 23.7 Å². The third-order valence-electron chi connectivity index (χ3n) is 4.51. The van der Waals surface area contributed by atoms with Gasteiger partial charge in [0.05, 0.1) is 30.4 Å². The van der Waals surface area contributed by atoms with Crippen LogP contribution in [0.5, 0.6) is 0 Å². The van der Waals surface area contributed by atoms with E-state index in [9.17, 15) is 4.79 Å². The second-order valence-electron chi connectivity index (χ2n) is 6.25. The SMILES string of the molecule is Cc1nc2ccc3nc(NC(=O)N4CCC(c5nccs5)C4)sc3c2s1. The molecule has 1 aliphatic heterocycles. The van der Waals surface area contributed by atoms with Crippen LogP contribution in [0.2, 0.25) is 0 Å². The zero-order valence-electron chi connectivity index (χ0n) is 13.9. The van der Waals surface area contributed by atoms with Gasteiger partial charge in [0.1, 0.15) is 0 Å². The van der Waals surface area contributed by atoms with Crippen molar-refractivity contribution in [2.24, 2.45) is 0 Å². The molecule has 4 heterocycles. The Morgan fingerprint density at radius 2 is 2.04 bits per heavy atom. The monoisotopic (exact) mass is 401 g/mol. The predicted molar refractivity (Wildman–Crippen MR) is 108 cm³/mol. The molecular formula is C17H15N5OS3. The summed E-state index contributed by atoms with van der Waals surface area (Å²) < 4.78 is 2.23. The van der Waals surface area contributed by atoms with E-state index in [1.165, 1.54) is 11.3 Å². The first-order chi connectivity index (χ1) is 12.7. The second-order valence-corrected chi connectivity index (χ2v) is 9.37. The summed E-state index contributed by atoms with van der Waals surface area (Å²) in [6.45, 7) is 3.47. The van der Waals surface area contributed by atoms with Crippen molar-refractivity contribution in [1.82, 2.24) is 19.9 Å². The topological polar surface area (TPSA) is 71.0 Å². The van der Waals surface area contributed by atoms with Crippen molar-refractivity contribution >= 4 is 65.6 Å². The third kappa shape index (κ3) is 2.76. The van der Waals surface area contributed by atoms with Crippen LogP contribution in [0.1, 0.15) is 22.4 Å². The minimum Gasteiger partial charge on any atom is -0.324 e. The van der Waals surface area contributed by atoms with Crippen molar-refractivity contribution in [3.05, 3.63) is 33.7 Å². The Bertz CT molecular complexity index is 1100. The number of urea groups is 1. The van der Waals surface area contributed by atoms with Gasteiger partial charge in [0, 0.05) is 30.6 Å². The van der Waals surface area contributed by atoms with Gasteiger partial charge >= 0.3 is 6.03 Å². The number of hydrogen-bond donors (Lipinski definition) is 1. The Labute approximate surface area is 161 Å². The van der Waals surface area contributed by atoms with Gasteiger partial charge in [-0.25, -0.2) is 19.7 Å². The number of fused-ring (bicyclic) bond motifs is 3. The summed E-state index contributed by atoms with van der Waals surface area (Å²) in [7, 11) is 0. The fraction of sp³-hybridized carbons (Fsp3) is 0.294. The summed E-state index contributed by atoms with van der Waals surface area (Å²) in [6.07, 6.45) is 2.79. The minimum absolute atomic E-state index is 0.0835. The highest BCUT2D eigenvalue weighted by atomic mass is 32.1. The van der Waals surface area contributed by atoms with Crippen LogP contribution in [0.3, 0.4) is 0 Å². The Kier molecular flexibility index (Phi) is 3.87. The number of nitrogens with zero attached hydrogens (tertiary/aromatic N) is 4. The lowest BCUT2D eigenvalue weighted by Gasteiger charge is -2.15. The zero-order chi connectivity index (χ0) is 17.7. The number of carbonyl (C=O) groups is 1. The number of nitrogens with one attached hydrogen (secondary N) is 1. The van der Waals surface area contributed by atoms with Crippen LogP contribution in [0.25, 0.3) is 20.4 Å².